The van der Waals surface area contributed by atoms with Crippen molar-refractivity contribution < 1.29 is 19.8 Å². The fourth-order valence-electron chi connectivity index (χ4n) is 0.717. The molecule has 2 N–H and O–H groups in total. The number of hydrogen-bond acceptors (Lipinski definition) is 2. The summed E-state index contributed by atoms with van der Waals surface area (Å²) < 4.78 is 0. The minimum Gasteiger partial charge on any atom is -0.480 e. The monoisotopic (exact) mass is 172 g/mol. The second kappa shape index (κ2) is 3.38. The molecule has 0 heterocycles. The summed E-state index contributed by atoms with van der Waals surface area (Å²) in [5, 5.41) is 17.4. The zero-order valence-electron chi connectivity index (χ0n) is 7.07. The Hall–Kier alpha value is -1.32. The van der Waals surface area contributed by atoms with E-state index in [0.29, 0.717) is 0 Å². The van der Waals surface area contributed by atoms with E-state index >= 15 is 0 Å². The summed E-state index contributed by atoms with van der Waals surface area (Å²) in [7, 11) is 0. The van der Waals surface area contributed by atoms with E-state index < -0.39 is 23.3 Å². The molecule has 4 nitrogen and oxygen atoms in total. The average Bonchev–Trinajstić information content (AvgIpc) is 2.00. The fourth-order valence-corrected chi connectivity index (χ4v) is 0.717. The molecule has 1 atom stereocenters. The summed E-state index contributed by atoms with van der Waals surface area (Å²) in [5.41, 5.74) is -1.78. The largest absolute Gasteiger partial charge is 0.480 e. The van der Waals surface area contributed by atoms with Crippen LogP contribution in [0.3, 0.4) is 0 Å². The van der Waals surface area contributed by atoms with Crippen molar-refractivity contribution in [3.63, 3.8) is 0 Å². The molecule has 4 heteroatoms. The van der Waals surface area contributed by atoms with Crippen molar-refractivity contribution in [3.05, 3.63) is 12.7 Å². The standard InChI is InChI=1S/C8H12O4/c1-4-5(2)8(3,6(9)10)7(11)12/h4-5H,1H2,2-3H3,(H,9,10)(H,11,12)/t5-/m0/s1. The smallest absolute Gasteiger partial charge is 0.321 e. The van der Waals surface area contributed by atoms with Gasteiger partial charge in [0.15, 0.2) is 5.41 Å². The second-order valence-corrected chi connectivity index (χ2v) is 2.84. The lowest BCUT2D eigenvalue weighted by molar-refractivity contribution is -0.165. The van der Waals surface area contributed by atoms with Crippen LogP contribution in [0.5, 0.6) is 0 Å². The molecule has 0 aromatic rings. The molecular weight excluding hydrogens is 160 g/mol. The van der Waals surface area contributed by atoms with E-state index in [2.05, 4.69) is 6.58 Å². The Morgan fingerprint density at radius 3 is 1.83 bits per heavy atom. The third-order valence-corrected chi connectivity index (χ3v) is 2.15. The minimum absolute atomic E-state index is 0.604. The number of rotatable bonds is 4. The number of carboxylic acids is 2. The van der Waals surface area contributed by atoms with Crippen molar-refractivity contribution >= 4 is 11.9 Å². The van der Waals surface area contributed by atoms with Gasteiger partial charge in [0.1, 0.15) is 0 Å². The number of allylic oxidation sites excluding steroid dienone is 1. The highest BCUT2D eigenvalue weighted by Gasteiger charge is 2.45. The highest BCUT2D eigenvalue weighted by molar-refractivity contribution is 5.98. The first-order valence-electron chi connectivity index (χ1n) is 3.46. The van der Waals surface area contributed by atoms with Crippen LogP contribution in [-0.2, 0) is 9.59 Å². The summed E-state index contributed by atoms with van der Waals surface area (Å²) in [4.78, 5) is 21.3. The van der Waals surface area contributed by atoms with E-state index in [1.165, 1.54) is 19.9 Å². The van der Waals surface area contributed by atoms with Gasteiger partial charge in [-0.05, 0) is 6.92 Å². The van der Waals surface area contributed by atoms with Crippen molar-refractivity contribution in [2.45, 2.75) is 13.8 Å². The number of aliphatic carboxylic acids is 2. The Morgan fingerprint density at radius 2 is 1.75 bits per heavy atom. The summed E-state index contributed by atoms with van der Waals surface area (Å²) in [5.74, 6) is -3.29. The van der Waals surface area contributed by atoms with Crippen LogP contribution in [0.25, 0.3) is 0 Å². The van der Waals surface area contributed by atoms with Gasteiger partial charge in [-0.25, -0.2) is 0 Å². The molecule has 68 valence electrons. The number of hydrogen-bond donors (Lipinski definition) is 2. The van der Waals surface area contributed by atoms with Crippen molar-refractivity contribution in [2.75, 3.05) is 0 Å². The molecule has 0 aliphatic carbocycles. The SMILES string of the molecule is C=C[C@H](C)C(C)(C(=O)O)C(=O)O. The third kappa shape index (κ3) is 1.47. The Bertz CT molecular complexity index is 205. The van der Waals surface area contributed by atoms with Crippen LogP contribution in [0.4, 0.5) is 0 Å². The first kappa shape index (κ1) is 10.7. The molecule has 0 saturated carbocycles. The summed E-state index contributed by atoms with van der Waals surface area (Å²) in [6.07, 6.45) is 1.32. The molecule has 0 aromatic carbocycles. The maximum atomic E-state index is 10.6. The van der Waals surface area contributed by atoms with E-state index in [0.717, 1.165) is 0 Å². The van der Waals surface area contributed by atoms with Gasteiger partial charge in [0, 0.05) is 5.92 Å². The van der Waals surface area contributed by atoms with E-state index in [4.69, 9.17) is 10.2 Å². The lowest BCUT2D eigenvalue weighted by Gasteiger charge is -2.23. The Morgan fingerprint density at radius 1 is 1.42 bits per heavy atom. The van der Waals surface area contributed by atoms with Gasteiger partial charge in [0.25, 0.3) is 0 Å². The van der Waals surface area contributed by atoms with Gasteiger partial charge < -0.3 is 10.2 Å². The lowest BCUT2D eigenvalue weighted by Crippen LogP contribution is -2.41. The van der Waals surface area contributed by atoms with Crippen LogP contribution in [-0.4, -0.2) is 22.2 Å². The van der Waals surface area contributed by atoms with Gasteiger partial charge in [-0.15, -0.1) is 6.58 Å². The summed E-state index contributed by atoms with van der Waals surface area (Å²) in [6.45, 7) is 6.04. The van der Waals surface area contributed by atoms with Crippen molar-refractivity contribution in [2.24, 2.45) is 11.3 Å². The van der Waals surface area contributed by atoms with E-state index in [-0.39, 0.29) is 0 Å². The quantitative estimate of drug-likeness (QED) is 0.489. The van der Waals surface area contributed by atoms with Crippen molar-refractivity contribution in [3.8, 4) is 0 Å². The van der Waals surface area contributed by atoms with Crippen LogP contribution >= 0.6 is 0 Å². The number of carboxylic acid groups (broad SMARTS) is 2. The third-order valence-electron chi connectivity index (χ3n) is 2.15. The molecule has 0 rings (SSSR count). The average molecular weight is 172 g/mol. The van der Waals surface area contributed by atoms with Gasteiger partial charge in [0.2, 0.25) is 0 Å². The fraction of sp³-hybridized carbons (Fsp3) is 0.500. The normalized spacial score (nSPS) is 13.5. The molecule has 0 saturated heterocycles. The second-order valence-electron chi connectivity index (χ2n) is 2.84. The van der Waals surface area contributed by atoms with Gasteiger partial charge >= 0.3 is 11.9 Å². The molecule has 0 aromatic heterocycles. The maximum Gasteiger partial charge on any atom is 0.321 e. The first-order chi connectivity index (χ1) is 5.37. The van der Waals surface area contributed by atoms with Crippen LogP contribution in [0.1, 0.15) is 13.8 Å². The minimum atomic E-state index is -1.78. The number of carbonyl (C=O) groups is 2. The molecule has 0 aliphatic heterocycles. The van der Waals surface area contributed by atoms with Crippen molar-refractivity contribution in [1.82, 2.24) is 0 Å². The highest BCUT2D eigenvalue weighted by atomic mass is 16.4. The zero-order chi connectivity index (χ0) is 9.94. The van der Waals surface area contributed by atoms with Crippen LogP contribution in [0, 0.1) is 11.3 Å². The molecular formula is C8H12O4. The molecule has 12 heavy (non-hydrogen) atoms. The molecule has 0 bridgehead atoms. The molecule has 0 radical (unpaired) electrons. The Labute approximate surface area is 70.5 Å². The summed E-state index contributed by atoms with van der Waals surface area (Å²) >= 11 is 0. The Balaban J connectivity index is 4.99. The van der Waals surface area contributed by atoms with E-state index in [1.54, 1.807) is 0 Å². The Kier molecular flexibility index (Phi) is 3.01. The van der Waals surface area contributed by atoms with E-state index in [9.17, 15) is 9.59 Å². The van der Waals surface area contributed by atoms with Crippen molar-refractivity contribution in [1.29, 1.82) is 0 Å². The topological polar surface area (TPSA) is 74.6 Å². The van der Waals surface area contributed by atoms with Gasteiger partial charge in [-0.3, -0.25) is 9.59 Å². The molecule has 0 unspecified atom stereocenters. The van der Waals surface area contributed by atoms with Gasteiger partial charge in [-0.2, -0.15) is 0 Å². The predicted octanol–water partition coefficient (Wildman–Crippen LogP) is 0.984. The maximum absolute atomic E-state index is 10.6. The predicted molar refractivity (Wildman–Crippen MR) is 42.7 cm³/mol. The summed E-state index contributed by atoms with van der Waals surface area (Å²) in [6, 6.07) is 0. The molecule has 0 aliphatic rings. The van der Waals surface area contributed by atoms with Crippen LogP contribution in [0.15, 0.2) is 12.7 Å². The van der Waals surface area contributed by atoms with Crippen LogP contribution < -0.4 is 0 Å². The lowest BCUT2D eigenvalue weighted by atomic mass is 9.78. The zero-order valence-corrected chi connectivity index (χ0v) is 7.07. The van der Waals surface area contributed by atoms with E-state index in [1.807, 2.05) is 0 Å². The first-order valence-corrected chi connectivity index (χ1v) is 3.46. The molecule has 0 amide bonds. The molecule has 0 fully saturated rings. The van der Waals surface area contributed by atoms with Crippen LogP contribution in [0.2, 0.25) is 0 Å². The molecule has 0 spiro atoms. The highest BCUT2D eigenvalue weighted by Crippen LogP contribution is 2.28. The van der Waals surface area contributed by atoms with Gasteiger partial charge in [-0.1, -0.05) is 13.0 Å². The van der Waals surface area contributed by atoms with Gasteiger partial charge in [0.05, 0.1) is 0 Å².